The van der Waals surface area contributed by atoms with Gasteiger partial charge in [0, 0.05) is 0 Å². The molecule has 0 fully saturated rings. The highest BCUT2D eigenvalue weighted by Crippen LogP contribution is 2.65. The molecule has 0 amide bonds. The minimum absolute atomic E-state index is 0.0653. The summed E-state index contributed by atoms with van der Waals surface area (Å²) in [6.07, 6.45) is 2.44. The molecule has 0 radical (unpaired) electrons. The van der Waals surface area contributed by atoms with Crippen molar-refractivity contribution in [3.63, 3.8) is 0 Å². The predicted molar refractivity (Wildman–Crippen MR) is 97.0 cm³/mol. The molecule has 11 heteroatoms. The molecule has 158 valence electrons. The van der Waals surface area contributed by atoms with E-state index in [0.717, 1.165) is 47.9 Å². The lowest BCUT2D eigenvalue weighted by atomic mass is 10.1. The number of unbranched alkanes of at least 4 members (excludes halogenated alkanes) is 4. The predicted octanol–water partition coefficient (Wildman–Crippen LogP) is -0.153. The average Bonchev–Trinajstić information content (AvgIpc) is 2.41. The Morgan fingerprint density at radius 3 is 1.69 bits per heavy atom. The van der Waals surface area contributed by atoms with E-state index in [1.807, 2.05) is 0 Å². The van der Waals surface area contributed by atoms with Crippen LogP contribution in [0.2, 0.25) is 0 Å². The molecule has 0 saturated carbocycles. The molecule has 0 bridgehead atoms. The number of rotatable bonds is 13. The van der Waals surface area contributed by atoms with Gasteiger partial charge in [-0.25, -0.2) is 0 Å². The number of hydrogen-bond acceptors (Lipinski definition) is 5. The molecule has 0 aromatic heterocycles. The van der Waals surface area contributed by atoms with Gasteiger partial charge in [0.2, 0.25) is 0 Å². The monoisotopic (exact) mass is 418 g/mol. The van der Waals surface area contributed by atoms with E-state index in [-0.39, 0.29) is 6.42 Å². The molecule has 26 heavy (non-hydrogen) atoms. The van der Waals surface area contributed by atoms with Crippen LogP contribution in [0, 0.1) is 0 Å². The van der Waals surface area contributed by atoms with Gasteiger partial charge in [0.1, 0.15) is 13.1 Å². The molecule has 0 aromatic rings. The Bertz CT molecular complexity index is 501. The van der Waals surface area contributed by atoms with Gasteiger partial charge in [-0.15, -0.1) is 0 Å². The molecule has 9 nitrogen and oxygen atoms in total. The van der Waals surface area contributed by atoms with Gasteiger partial charge in [0.25, 0.3) is 0 Å². The Kier molecular flexibility index (Phi) is 9.66. The van der Waals surface area contributed by atoms with E-state index in [1.165, 1.54) is 0 Å². The first-order valence-corrected chi connectivity index (χ1v) is 12.0. The van der Waals surface area contributed by atoms with Gasteiger partial charge in [0.05, 0.1) is 41.8 Å². The Morgan fingerprint density at radius 1 is 0.808 bits per heavy atom. The fourth-order valence-electron chi connectivity index (χ4n) is 2.56. The third-order valence-corrected chi connectivity index (χ3v) is 8.33. The quantitative estimate of drug-likeness (QED) is 0.215. The number of quaternary nitrogens is 2. The topological polar surface area (TPSA) is 141 Å². The average molecular weight is 418 g/mol. The normalized spacial score (nSPS) is 16.5. The lowest BCUT2D eigenvalue weighted by molar-refractivity contribution is -0.937. The highest BCUT2D eigenvalue weighted by atomic mass is 31.2. The third-order valence-electron chi connectivity index (χ3n) is 4.56. The maximum atomic E-state index is 11.2. The van der Waals surface area contributed by atoms with Crippen LogP contribution in [0.25, 0.3) is 0 Å². The first-order valence-electron chi connectivity index (χ1n) is 8.84. The summed E-state index contributed by atoms with van der Waals surface area (Å²) in [5.74, 6) is 0. The summed E-state index contributed by atoms with van der Waals surface area (Å²) < 4.78 is 24.0. The molecule has 0 aliphatic heterocycles. The van der Waals surface area contributed by atoms with Gasteiger partial charge in [0.15, 0.2) is 5.08 Å². The van der Waals surface area contributed by atoms with Gasteiger partial charge < -0.3 is 38.2 Å². The molecular weight excluding hydrogens is 382 g/mol. The molecule has 0 saturated heterocycles. The van der Waals surface area contributed by atoms with Crippen LogP contribution < -0.4 is 9.79 Å². The van der Waals surface area contributed by atoms with E-state index in [9.17, 15) is 24.0 Å². The lowest BCUT2D eigenvalue weighted by Crippen LogP contribution is -2.49. The molecule has 3 N–H and O–H groups in total. The van der Waals surface area contributed by atoms with Crippen LogP contribution in [-0.2, 0) is 9.13 Å². The summed E-state index contributed by atoms with van der Waals surface area (Å²) in [7, 11) is -0.461. The standard InChI is InChI=1S/C15H36N2O7P2/c1-16(2,3)13-14-17(4,5)12-10-8-6-7-9-11-15(18,25(19,20)21)26(22,23)24/h18H,6-14H2,1-5H3,(H2-2,19,20,21,22,23,24). The van der Waals surface area contributed by atoms with Crippen molar-refractivity contribution >= 4 is 15.2 Å². The molecule has 0 aliphatic rings. The van der Waals surface area contributed by atoms with Crippen LogP contribution in [0.3, 0.4) is 0 Å². The van der Waals surface area contributed by atoms with Crippen LogP contribution in [0.15, 0.2) is 0 Å². The van der Waals surface area contributed by atoms with Gasteiger partial charge in [-0.05, 0) is 33.3 Å². The second-order valence-corrected chi connectivity index (χ2v) is 12.6. The largest absolute Gasteiger partial charge is 0.808 e. The maximum absolute atomic E-state index is 11.2. The third kappa shape index (κ3) is 9.40. The van der Waals surface area contributed by atoms with Crippen LogP contribution in [-0.4, -0.2) is 83.8 Å². The lowest BCUT2D eigenvalue weighted by Gasteiger charge is -2.45. The van der Waals surface area contributed by atoms with E-state index >= 15 is 0 Å². The zero-order valence-electron chi connectivity index (χ0n) is 16.6. The molecular formula is C15H36N2O7P2. The molecule has 0 spiro atoms. The molecule has 0 aliphatic carbocycles. The minimum atomic E-state index is -5.83. The van der Waals surface area contributed by atoms with Crippen molar-refractivity contribution in [3.05, 3.63) is 0 Å². The van der Waals surface area contributed by atoms with Crippen molar-refractivity contribution in [1.29, 1.82) is 0 Å². The Balaban J connectivity index is 4.18. The molecule has 1 unspecified atom stereocenters. The number of likely N-dealkylation sites (N-methyl/N-ethyl adjacent to an activating group) is 2. The molecule has 0 aromatic carbocycles. The van der Waals surface area contributed by atoms with Crippen molar-refractivity contribution < 1.29 is 42.8 Å². The Labute approximate surface area is 157 Å². The minimum Gasteiger partial charge on any atom is -0.808 e. The van der Waals surface area contributed by atoms with Gasteiger partial charge in [-0.3, -0.25) is 4.57 Å². The smallest absolute Gasteiger partial charge is 0.361 e. The van der Waals surface area contributed by atoms with Crippen molar-refractivity contribution in [2.24, 2.45) is 0 Å². The van der Waals surface area contributed by atoms with E-state index < -0.39 is 26.7 Å². The van der Waals surface area contributed by atoms with Gasteiger partial charge in [-0.2, -0.15) is 0 Å². The summed E-state index contributed by atoms with van der Waals surface area (Å²) in [6, 6.07) is 0. The highest BCUT2D eigenvalue weighted by Gasteiger charge is 2.47. The van der Waals surface area contributed by atoms with Crippen LogP contribution >= 0.6 is 15.2 Å². The van der Waals surface area contributed by atoms with Crippen LogP contribution in [0.1, 0.15) is 38.5 Å². The van der Waals surface area contributed by atoms with Crippen molar-refractivity contribution in [2.75, 3.05) is 54.9 Å². The molecule has 0 rings (SSSR count). The van der Waals surface area contributed by atoms with Crippen molar-refractivity contribution in [1.82, 2.24) is 0 Å². The number of hydrogen-bond donors (Lipinski definition) is 3. The molecule has 1 atom stereocenters. The van der Waals surface area contributed by atoms with Crippen LogP contribution in [0.5, 0.6) is 0 Å². The summed E-state index contributed by atoms with van der Waals surface area (Å²) in [6.45, 7) is 3.13. The Hall–Kier alpha value is 0.180. The fraction of sp³-hybridized carbons (Fsp3) is 1.00. The second kappa shape index (κ2) is 9.59. The summed E-state index contributed by atoms with van der Waals surface area (Å²) in [5.41, 5.74) is 0. The van der Waals surface area contributed by atoms with Crippen molar-refractivity contribution in [2.45, 2.75) is 43.6 Å². The number of nitrogens with zero attached hydrogens (tertiary/aromatic N) is 2. The first-order chi connectivity index (χ1) is 11.4. The molecule has 0 heterocycles. The van der Waals surface area contributed by atoms with E-state index in [4.69, 9.17) is 9.79 Å². The van der Waals surface area contributed by atoms with Crippen molar-refractivity contribution in [3.8, 4) is 0 Å². The highest BCUT2D eigenvalue weighted by molar-refractivity contribution is 7.70. The zero-order valence-corrected chi connectivity index (χ0v) is 18.4. The van der Waals surface area contributed by atoms with Gasteiger partial charge in [-0.1, -0.05) is 12.8 Å². The summed E-state index contributed by atoms with van der Waals surface area (Å²) in [4.78, 5) is 40.1. The van der Waals surface area contributed by atoms with E-state index in [1.54, 1.807) is 0 Å². The first kappa shape index (κ1) is 26.2. The zero-order chi connectivity index (χ0) is 20.9. The van der Waals surface area contributed by atoms with E-state index in [2.05, 4.69) is 35.2 Å². The second-order valence-electron chi connectivity index (χ2n) is 8.73. The fourth-order valence-corrected chi connectivity index (χ4v) is 4.71. The van der Waals surface area contributed by atoms with Crippen LogP contribution in [0.4, 0.5) is 0 Å². The maximum Gasteiger partial charge on any atom is 0.361 e. The van der Waals surface area contributed by atoms with E-state index in [0.29, 0.717) is 6.42 Å². The summed E-state index contributed by atoms with van der Waals surface area (Å²) in [5, 5.41) is 6.17. The SMILES string of the molecule is C[N+](C)(C)CC[N+](C)(C)CCCCCCCC(O)(P(=O)([O-])[O-])P(=O)(O)O. The number of aliphatic hydroxyl groups is 1. The van der Waals surface area contributed by atoms with Gasteiger partial charge >= 0.3 is 7.60 Å². The Morgan fingerprint density at radius 2 is 1.27 bits per heavy atom. The summed E-state index contributed by atoms with van der Waals surface area (Å²) >= 11 is 0.